The summed E-state index contributed by atoms with van der Waals surface area (Å²) in [6.07, 6.45) is 0. The van der Waals surface area contributed by atoms with Crippen molar-refractivity contribution in [3.8, 4) is 0 Å². The Balaban J connectivity index is 1.93. The topological polar surface area (TPSA) is 42.0 Å². The van der Waals surface area contributed by atoms with E-state index in [1.807, 2.05) is 12.1 Å². The molecule has 0 bridgehead atoms. The Morgan fingerprint density at radius 3 is 2.75 bits per heavy atom. The van der Waals surface area contributed by atoms with Crippen LogP contribution in [0, 0.1) is 0 Å². The van der Waals surface area contributed by atoms with Crippen LogP contribution < -0.4 is 5.32 Å². The van der Waals surface area contributed by atoms with Crippen LogP contribution in [0.3, 0.4) is 0 Å². The number of nitrogens with zero attached hydrogens (tertiary/aromatic N) is 1. The van der Waals surface area contributed by atoms with Crippen LogP contribution in [0.25, 0.3) is 0 Å². The first kappa shape index (κ1) is 11.1. The van der Waals surface area contributed by atoms with Crippen LogP contribution in [0.1, 0.15) is 16.1 Å². The summed E-state index contributed by atoms with van der Waals surface area (Å²) in [5.41, 5.74) is 3.10. The molecule has 0 radical (unpaired) electrons. The lowest BCUT2D eigenvalue weighted by atomic mass is 10.2. The smallest absolute Gasteiger partial charge is 0.271 e. The van der Waals surface area contributed by atoms with E-state index in [9.17, 15) is 4.79 Å². The quantitative estimate of drug-likeness (QED) is 0.913. The molecule has 0 aliphatic heterocycles. The number of amides is 1. The van der Waals surface area contributed by atoms with Gasteiger partial charge in [-0.25, -0.2) is 4.98 Å². The molecular formula is C11H9ClN2OS. The van der Waals surface area contributed by atoms with Gasteiger partial charge in [0.2, 0.25) is 0 Å². The number of halogens is 1. The summed E-state index contributed by atoms with van der Waals surface area (Å²) in [5.74, 6) is -0.156. The molecule has 0 spiro atoms. The number of benzene rings is 1. The predicted molar refractivity (Wildman–Crippen MR) is 64.7 cm³/mol. The molecule has 1 aromatic carbocycles. The SMILES string of the molecule is O=C(NCc1ccc(Cl)cc1)c1cscn1. The van der Waals surface area contributed by atoms with Crippen molar-refractivity contribution in [3.05, 3.63) is 51.4 Å². The van der Waals surface area contributed by atoms with Gasteiger partial charge in [0.1, 0.15) is 5.69 Å². The number of hydrogen-bond donors (Lipinski definition) is 1. The molecule has 1 heterocycles. The van der Waals surface area contributed by atoms with Crippen LogP contribution in [-0.2, 0) is 6.54 Å². The lowest BCUT2D eigenvalue weighted by Crippen LogP contribution is -2.22. The standard InChI is InChI=1S/C11H9ClN2OS/c12-9-3-1-8(2-4-9)5-13-11(15)10-6-16-7-14-10/h1-4,6-7H,5H2,(H,13,15). The normalized spacial score (nSPS) is 10.1. The van der Waals surface area contributed by atoms with Crippen LogP contribution in [0.5, 0.6) is 0 Å². The Bertz CT molecular complexity index is 467. The zero-order valence-corrected chi connectivity index (χ0v) is 9.89. The van der Waals surface area contributed by atoms with Crippen LogP contribution in [0.2, 0.25) is 5.02 Å². The molecule has 0 aliphatic rings. The number of carbonyl (C=O) groups excluding carboxylic acids is 1. The van der Waals surface area contributed by atoms with E-state index in [4.69, 9.17) is 11.6 Å². The van der Waals surface area contributed by atoms with E-state index >= 15 is 0 Å². The molecule has 2 aromatic rings. The van der Waals surface area contributed by atoms with Crippen molar-refractivity contribution in [2.24, 2.45) is 0 Å². The van der Waals surface area contributed by atoms with Gasteiger partial charge >= 0.3 is 0 Å². The van der Waals surface area contributed by atoms with E-state index in [2.05, 4.69) is 10.3 Å². The largest absolute Gasteiger partial charge is 0.347 e. The molecule has 0 atom stereocenters. The molecule has 0 aliphatic carbocycles. The fraction of sp³-hybridized carbons (Fsp3) is 0.0909. The summed E-state index contributed by atoms with van der Waals surface area (Å²) in [4.78, 5) is 15.5. The third-order valence-electron chi connectivity index (χ3n) is 2.03. The zero-order valence-electron chi connectivity index (χ0n) is 8.31. The molecule has 2 rings (SSSR count). The van der Waals surface area contributed by atoms with Gasteiger partial charge in [-0.3, -0.25) is 4.79 Å². The zero-order chi connectivity index (χ0) is 11.4. The Hall–Kier alpha value is -1.39. The molecule has 1 amide bonds. The van der Waals surface area contributed by atoms with Gasteiger partial charge < -0.3 is 5.32 Å². The molecule has 1 aromatic heterocycles. The van der Waals surface area contributed by atoms with Gasteiger partial charge in [0.15, 0.2) is 0 Å². The Kier molecular flexibility index (Phi) is 3.54. The van der Waals surface area contributed by atoms with Crippen LogP contribution >= 0.6 is 22.9 Å². The number of hydrogen-bond acceptors (Lipinski definition) is 3. The van der Waals surface area contributed by atoms with Crippen molar-refractivity contribution in [1.82, 2.24) is 10.3 Å². The summed E-state index contributed by atoms with van der Waals surface area (Å²) in [6, 6.07) is 7.35. The molecule has 3 nitrogen and oxygen atoms in total. The van der Waals surface area contributed by atoms with Gasteiger partial charge in [0, 0.05) is 16.9 Å². The molecule has 0 fully saturated rings. The lowest BCUT2D eigenvalue weighted by Gasteiger charge is -2.03. The van der Waals surface area contributed by atoms with Crippen molar-refractivity contribution < 1.29 is 4.79 Å². The van der Waals surface area contributed by atoms with Crippen molar-refractivity contribution >= 4 is 28.8 Å². The minimum Gasteiger partial charge on any atom is -0.347 e. The second-order valence-corrected chi connectivity index (χ2v) is 4.34. The minimum absolute atomic E-state index is 0.156. The third-order valence-corrected chi connectivity index (χ3v) is 2.87. The second kappa shape index (κ2) is 5.09. The number of thiazole rings is 1. The number of carbonyl (C=O) groups is 1. The maximum absolute atomic E-state index is 11.6. The maximum atomic E-state index is 11.6. The fourth-order valence-corrected chi connectivity index (χ4v) is 1.86. The molecule has 0 unspecified atom stereocenters. The van der Waals surface area contributed by atoms with Gasteiger partial charge in [-0.05, 0) is 17.7 Å². The summed E-state index contributed by atoms with van der Waals surface area (Å²) in [6.45, 7) is 0.480. The number of nitrogens with one attached hydrogen (secondary N) is 1. The summed E-state index contributed by atoms with van der Waals surface area (Å²) >= 11 is 7.16. The predicted octanol–water partition coefficient (Wildman–Crippen LogP) is 2.73. The molecule has 5 heteroatoms. The van der Waals surface area contributed by atoms with Gasteiger partial charge in [-0.1, -0.05) is 23.7 Å². The number of aromatic nitrogens is 1. The fourth-order valence-electron chi connectivity index (χ4n) is 1.20. The van der Waals surface area contributed by atoms with Crippen molar-refractivity contribution in [3.63, 3.8) is 0 Å². The summed E-state index contributed by atoms with van der Waals surface area (Å²) < 4.78 is 0. The van der Waals surface area contributed by atoms with Gasteiger partial charge in [-0.15, -0.1) is 11.3 Å². The van der Waals surface area contributed by atoms with E-state index in [1.54, 1.807) is 23.0 Å². The first-order chi connectivity index (χ1) is 7.75. The van der Waals surface area contributed by atoms with Crippen molar-refractivity contribution in [2.45, 2.75) is 6.54 Å². The second-order valence-electron chi connectivity index (χ2n) is 3.18. The molecule has 16 heavy (non-hydrogen) atoms. The highest BCUT2D eigenvalue weighted by Gasteiger charge is 2.06. The molecule has 0 saturated carbocycles. The van der Waals surface area contributed by atoms with Gasteiger partial charge in [0.25, 0.3) is 5.91 Å². The maximum Gasteiger partial charge on any atom is 0.271 e. The third kappa shape index (κ3) is 2.81. The summed E-state index contributed by atoms with van der Waals surface area (Å²) in [5, 5.41) is 5.19. The molecular weight excluding hydrogens is 244 g/mol. The van der Waals surface area contributed by atoms with Crippen LogP contribution in [-0.4, -0.2) is 10.9 Å². The van der Waals surface area contributed by atoms with Crippen LogP contribution in [0.4, 0.5) is 0 Å². The first-order valence-corrected chi connectivity index (χ1v) is 5.98. The van der Waals surface area contributed by atoms with Crippen molar-refractivity contribution in [2.75, 3.05) is 0 Å². The van der Waals surface area contributed by atoms with Gasteiger partial charge in [0.05, 0.1) is 5.51 Å². The van der Waals surface area contributed by atoms with E-state index in [0.717, 1.165) is 5.56 Å². The van der Waals surface area contributed by atoms with Crippen molar-refractivity contribution in [1.29, 1.82) is 0 Å². The molecule has 0 saturated heterocycles. The minimum atomic E-state index is -0.156. The van der Waals surface area contributed by atoms with E-state index < -0.39 is 0 Å². The van der Waals surface area contributed by atoms with E-state index in [0.29, 0.717) is 17.3 Å². The molecule has 82 valence electrons. The Morgan fingerprint density at radius 2 is 2.12 bits per heavy atom. The highest BCUT2D eigenvalue weighted by atomic mass is 35.5. The first-order valence-electron chi connectivity index (χ1n) is 4.66. The highest BCUT2D eigenvalue weighted by Crippen LogP contribution is 2.09. The van der Waals surface area contributed by atoms with Gasteiger partial charge in [-0.2, -0.15) is 0 Å². The monoisotopic (exact) mass is 252 g/mol. The average molecular weight is 253 g/mol. The van der Waals surface area contributed by atoms with E-state index in [-0.39, 0.29) is 5.91 Å². The lowest BCUT2D eigenvalue weighted by molar-refractivity contribution is 0.0946. The number of rotatable bonds is 3. The van der Waals surface area contributed by atoms with E-state index in [1.165, 1.54) is 11.3 Å². The Morgan fingerprint density at radius 1 is 1.38 bits per heavy atom. The molecule has 1 N–H and O–H groups in total. The van der Waals surface area contributed by atoms with Crippen LogP contribution in [0.15, 0.2) is 35.2 Å². The summed E-state index contributed by atoms with van der Waals surface area (Å²) in [7, 11) is 0. The average Bonchev–Trinajstić information content (AvgIpc) is 2.81. The highest BCUT2D eigenvalue weighted by molar-refractivity contribution is 7.07. The Labute approximate surface area is 102 Å².